The van der Waals surface area contributed by atoms with Gasteiger partial charge >= 0.3 is 12.1 Å². The quantitative estimate of drug-likeness (QED) is 0.439. The van der Waals surface area contributed by atoms with Crippen LogP contribution in [0, 0.1) is 0 Å². The number of imidazole rings is 1. The number of aromatic nitrogens is 2. The number of carbonyl (C=O) groups excluding carboxylic acids is 1. The van der Waals surface area contributed by atoms with Crippen LogP contribution >= 0.6 is 0 Å². The highest BCUT2D eigenvalue weighted by Crippen LogP contribution is 2.37. The van der Waals surface area contributed by atoms with E-state index in [9.17, 15) is 18.0 Å². The first kappa shape index (κ1) is 22.8. The highest BCUT2D eigenvalue weighted by Gasteiger charge is 2.38. The molecule has 0 unspecified atom stereocenters. The lowest BCUT2D eigenvalue weighted by molar-refractivity contribution is -0.145. The molecule has 0 N–H and O–H groups in total. The number of ether oxygens (including phenoxy) is 1. The molecule has 0 aliphatic heterocycles. The maximum absolute atomic E-state index is 14.0. The Morgan fingerprint density at radius 3 is 1.90 bits per heavy atom. The van der Waals surface area contributed by atoms with E-state index in [2.05, 4.69) is 9.72 Å². The van der Waals surface area contributed by atoms with E-state index < -0.39 is 18.0 Å². The Kier molecular flexibility index (Phi) is 5.45. The Morgan fingerprint density at radius 2 is 1.45 bits per heavy atom. The van der Waals surface area contributed by atoms with Gasteiger partial charge in [-0.2, -0.15) is 13.2 Å². The fraction of sp³-hybridized carbons (Fsp3) is 0.417. The fourth-order valence-corrected chi connectivity index (χ4v) is 3.38. The molecule has 1 aromatic heterocycles. The van der Waals surface area contributed by atoms with Crippen molar-refractivity contribution in [3.63, 3.8) is 0 Å². The molecule has 0 spiro atoms. The Balaban J connectivity index is 2.39. The van der Waals surface area contributed by atoms with Gasteiger partial charge in [0.25, 0.3) is 0 Å². The first-order valence-electron chi connectivity index (χ1n) is 9.97. The van der Waals surface area contributed by atoms with Gasteiger partial charge in [-0.15, -0.1) is 0 Å². The van der Waals surface area contributed by atoms with Crippen molar-refractivity contribution in [3.05, 3.63) is 58.9 Å². The van der Waals surface area contributed by atoms with Gasteiger partial charge in [0.1, 0.15) is 0 Å². The molecule has 0 saturated heterocycles. The van der Waals surface area contributed by atoms with Gasteiger partial charge < -0.3 is 4.74 Å². The lowest BCUT2D eigenvalue weighted by Crippen LogP contribution is -2.19. The summed E-state index contributed by atoms with van der Waals surface area (Å²) < 4.78 is 47.8. The summed E-state index contributed by atoms with van der Waals surface area (Å²) in [6.07, 6.45) is -4.68. The van der Waals surface area contributed by atoms with Crippen LogP contribution in [0.25, 0.3) is 16.7 Å². The van der Waals surface area contributed by atoms with Crippen LogP contribution < -0.4 is 0 Å². The average Bonchev–Trinajstić information content (AvgIpc) is 3.04. The Morgan fingerprint density at radius 1 is 0.903 bits per heavy atom. The molecule has 0 aliphatic carbocycles. The number of halogens is 3. The summed E-state index contributed by atoms with van der Waals surface area (Å²) in [6, 6.07) is 9.85. The van der Waals surface area contributed by atoms with Crippen LogP contribution in [-0.2, 0) is 21.7 Å². The first-order chi connectivity index (χ1) is 14.1. The van der Waals surface area contributed by atoms with Gasteiger partial charge in [0.15, 0.2) is 0 Å². The zero-order valence-corrected chi connectivity index (χ0v) is 18.8. The molecule has 3 aromatic rings. The third-order valence-corrected chi connectivity index (χ3v) is 5.24. The van der Waals surface area contributed by atoms with Crippen LogP contribution in [0.15, 0.2) is 36.4 Å². The molecule has 0 fully saturated rings. The van der Waals surface area contributed by atoms with Gasteiger partial charge in [-0.05, 0) is 52.3 Å². The zero-order valence-electron chi connectivity index (χ0n) is 18.8. The molecule has 0 amide bonds. The van der Waals surface area contributed by atoms with Crippen molar-refractivity contribution >= 4 is 17.0 Å². The van der Waals surface area contributed by atoms with Crippen molar-refractivity contribution in [2.75, 3.05) is 7.11 Å². The van der Waals surface area contributed by atoms with Crippen LogP contribution in [0.2, 0.25) is 0 Å². The normalized spacial score (nSPS) is 13.0. The highest BCUT2D eigenvalue weighted by atomic mass is 19.4. The SMILES string of the molecule is COC(=O)c1ccc2c(c1)nc(C(F)(F)F)n2-c1cc(C(C)(C)C)cc(C(C)(C)C)c1. The van der Waals surface area contributed by atoms with Gasteiger partial charge in [-0.1, -0.05) is 47.6 Å². The van der Waals surface area contributed by atoms with E-state index in [-0.39, 0.29) is 27.4 Å². The molecule has 7 heteroatoms. The van der Waals surface area contributed by atoms with Gasteiger partial charge in [-0.3, -0.25) is 4.57 Å². The van der Waals surface area contributed by atoms with Crippen LogP contribution in [0.3, 0.4) is 0 Å². The molecular formula is C24H27F3N2O2. The summed E-state index contributed by atoms with van der Waals surface area (Å²) in [4.78, 5) is 15.7. The summed E-state index contributed by atoms with van der Waals surface area (Å²) in [6.45, 7) is 12.2. The molecule has 0 bridgehead atoms. The minimum atomic E-state index is -4.68. The molecule has 0 radical (unpaired) electrons. The van der Waals surface area contributed by atoms with Crippen molar-refractivity contribution in [1.82, 2.24) is 9.55 Å². The number of fused-ring (bicyclic) bond motifs is 1. The monoisotopic (exact) mass is 432 g/mol. The predicted octanol–water partition coefficient (Wildman–Crippen LogP) is 6.43. The van der Waals surface area contributed by atoms with E-state index >= 15 is 0 Å². The van der Waals surface area contributed by atoms with E-state index in [1.54, 1.807) is 12.1 Å². The molecule has 1 heterocycles. The van der Waals surface area contributed by atoms with E-state index in [0.717, 1.165) is 15.7 Å². The second-order valence-electron chi connectivity index (χ2n) is 9.73. The average molecular weight is 432 g/mol. The molecule has 166 valence electrons. The van der Waals surface area contributed by atoms with E-state index in [1.165, 1.54) is 25.3 Å². The molecule has 2 aromatic carbocycles. The van der Waals surface area contributed by atoms with E-state index in [1.807, 2.05) is 47.6 Å². The third-order valence-electron chi connectivity index (χ3n) is 5.24. The topological polar surface area (TPSA) is 44.1 Å². The molecule has 0 saturated carbocycles. The number of rotatable bonds is 2. The number of benzene rings is 2. The Labute approximate surface area is 180 Å². The lowest BCUT2D eigenvalue weighted by atomic mass is 9.80. The number of nitrogens with zero attached hydrogens (tertiary/aromatic N) is 2. The summed E-state index contributed by atoms with van der Waals surface area (Å²) in [5, 5.41) is 0. The maximum Gasteiger partial charge on any atom is 0.450 e. The van der Waals surface area contributed by atoms with E-state index in [0.29, 0.717) is 5.69 Å². The smallest absolute Gasteiger partial charge is 0.450 e. The van der Waals surface area contributed by atoms with E-state index in [4.69, 9.17) is 0 Å². The second-order valence-corrected chi connectivity index (χ2v) is 9.73. The Bertz CT molecular complexity index is 1110. The Hall–Kier alpha value is -2.83. The number of carbonyl (C=O) groups is 1. The van der Waals surface area contributed by atoms with Crippen molar-refractivity contribution < 1.29 is 22.7 Å². The van der Waals surface area contributed by atoms with Crippen molar-refractivity contribution in [3.8, 4) is 5.69 Å². The molecule has 3 rings (SSSR count). The molecular weight excluding hydrogens is 405 g/mol. The van der Waals surface area contributed by atoms with Gasteiger partial charge in [-0.25, -0.2) is 9.78 Å². The first-order valence-corrected chi connectivity index (χ1v) is 9.97. The number of hydrogen-bond donors (Lipinski definition) is 0. The van der Waals surface area contributed by atoms with Crippen molar-refractivity contribution in [2.45, 2.75) is 58.5 Å². The standard InChI is InChI=1S/C24H27F3N2O2/c1-22(2,3)15-11-16(23(4,5)6)13-17(12-15)29-19-9-8-14(20(30)31-7)10-18(19)28-21(29)24(25,26)27/h8-13H,1-7H3. The van der Waals surface area contributed by atoms with Crippen molar-refractivity contribution in [1.29, 1.82) is 0 Å². The van der Waals surface area contributed by atoms with Gasteiger partial charge in [0.05, 0.1) is 23.7 Å². The van der Waals surface area contributed by atoms with Gasteiger partial charge in [0.2, 0.25) is 5.82 Å². The van der Waals surface area contributed by atoms with Gasteiger partial charge in [0, 0.05) is 5.69 Å². The predicted molar refractivity (Wildman–Crippen MR) is 115 cm³/mol. The third kappa shape index (κ3) is 4.45. The summed E-state index contributed by atoms with van der Waals surface area (Å²) >= 11 is 0. The van der Waals surface area contributed by atoms with Crippen LogP contribution in [0.1, 0.15) is 68.9 Å². The molecule has 0 atom stereocenters. The minimum absolute atomic E-state index is 0.0775. The highest BCUT2D eigenvalue weighted by molar-refractivity contribution is 5.94. The van der Waals surface area contributed by atoms with Crippen molar-refractivity contribution in [2.24, 2.45) is 0 Å². The lowest BCUT2D eigenvalue weighted by Gasteiger charge is -2.27. The zero-order chi connectivity index (χ0) is 23.4. The minimum Gasteiger partial charge on any atom is -0.465 e. The molecule has 31 heavy (non-hydrogen) atoms. The summed E-state index contributed by atoms with van der Waals surface area (Å²) in [5.74, 6) is -1.66. The molecule has 0 aliphatic rings. The summed E-state index contributed by atoms with van der Waals surface area (Å²) in [5.41, 5.74) is 2.21. The number of esters is 1. The second kappa shape index (κ2) is 7.39. The largest absolute Gasteiger partial charge is 0.465 e. The maximum atomic E-state index is 14.0. The molecule has 4 nitrogen and oxygen atoms in total. The fourth-order valence-electron chi connectivity index (χ4n) is 3.38. The number of hydrogen-bond acceptors (Lipinski definition) is 3. The summed E-state index contributed by atoms with van der Waals surface area (Å²) in [7, 11) is 1.22. The van der Waals surface area contributed by atoms with Crippen LogP contribution in [-0.4, -0.2) is 22.6 Å². The number of alkyl halides is 3. The van der Waals surface area contributed by atoms with Crippen LogP contribution in [0.4, 0.5) is 13.2 Å². The van der Waals surface area contributed by atoms with Crippen LogP contribution in [0.5, 0.6) is 0 Å². The number of methoxy groups -OCH3 is 1.